The van der Waals surface area contributed by atoms with Crippen molar-refractivity contribution in [3.63, 3.8) is 0 Å². The summed E-state index contributed by atoms with van der Waals surface area (Å²) in [7, 11) is 0. The lowest BCUT2D eigenvalue weighted by atomic mass is 9.60. The van der Waals surface area contributed by atoms with E-state index < -0.39 is 17.8 Å². The molecule has 0 saturated heterocycles. The second-order valence-corrected chi connectivity index (χ2v) is 11.2. The molecule has 3 aliphatic carbocycles. The molecule has 3 saturated carbocycles. The monoisotopic (exact) mass is 430 g/mol. The molecule has 6 unspecified atom stereocenters. The summed E-state index contributed by atoms with van der Waals surface area (Å²) in [5.74, 6) is 1.55. The molecule has 3 fully saturated rings. The van der Waals surface area contributed by atoms with Crippen LogP contribution in [-0.4, -0.2) is 38.9 Å². The third-order valence-electron chi connectivity index (χ3n) is 8.50. The van der Waals surface area contributed by atoms with Gasteiger partial charge in [-0.2, -0.15) is 0 Å². The Morgan fingerprint density at radius 2 is 2.00 bits per heavy atom. The standard InChI is InChI=1S/C27H42O4/c1-17(8-13-25(30)26(3,4)31)22-11-12-23-19(7-6-14-27(22,23)5)9-10-20-15-21(28)16-24(29)18(20)2/h9-10,17,21-24,28-29,31H,2,6-8,11-16H2,1,3-5H3. The van der Waals surface area contributed by atoms with Gasteiger partial charge in [0.1, 0.15) is 5.60 Å². The van der Waals surface area contributed by atoms with Crippen LogP contribution in [0.2, 0.25) is 0 Å². The van der Waals surface area contributed by atoms with E-state index in [4.69, 9.17) is 0 Å². The van der Waals surface area contributed by atoms with Gasteiger partial charge in [0.05, 0.1) is 12.2 Å². The van der Waals surface area contributed by atoms with Gasteiger partial charge in [0.2, 0.25) is 0 Å². The molecule has 0 amide bonds. The van der Waals surface area contributed by atoms with Crippen LogP contribution in [0.25, 0.3) is 0 Å². The maximum atomic E-state index is 12.2. The number of hydrogen-bond acceptors (Lipinski definition) is 4. The minimum Gasteiger partial charge on any atom is -0.393 e. The van der Waals surface area contributed by atoms with Gasteiger partial charge in [0.25, 0.3) is 0 Å². The summed E-state index contributed by atoms with van der Waals surface area (Å²) < 4.78 is 0. The Balaban J connectivity index is 1.72. The molecule has 31 heavy (non-hydrogen) atoms. The average molecular weight is 431 g/mol. The summed E-state index contributed by atoms with van der Waals surface area (Å²) in [5, 5.41) is 30.1. The fourth-order valence-electron chi connectivity index (χ4n) is 6.55. The van der Waals surface area contributed by atoms with E-state index in [0.29, 0.717) is 37.0 Å². The van der Waals surface area contributed by atoms with E-state index in [-0.39, 0.29) is 11.2 Å². The fraction of sp³-hybridized carbons (Fsp3) is 0.741. The lowest BCUT2D eigenvalue weighted by Crippen LogP contribution is -2.36. The largest absolute Gasteiger partial charge is 0.393 e. The molecule has 4 nitrogen and oxygen atoms in total. The molecule has 0 heterocycles. The van der Waals surface area contributed by atoms with Crippen molar-refractivity contribution in [1.82, 2.24) is 0 Å². The highest BCUT2D eigenvalue weighted by molar-refractivity contribution is 5.86. The van der Waals surface area contributed by atoms with E-state index in [1.165, 1.54) is 31.3 Å². The number of carbonyl (C=O) groups excluding carboxylic acids is 1. The maximum Gasteiger partial charge on any atom is 0.163 e. The van der Waals surface area contributed by atoms with Crippen molar-refractivity contribution < 1.29 is 20.1 Å². The van der Waals surface area contributed by atoms with Gasteiger partial charge in [-0.15, -0.1) is 0 Å². The van der Waals surface area contributed by atoms with Crippen molar-refractivity contribution in [3.8, 4) is 0 Å². The minimum absolute atomic E-state index is 0.0630. The number of carbonyl (C=O) groups is 1. The summed E-state index contributed by atoms with van der Waals surface area (Å²) in [6, 6.07) is 0. The Kier molecular flexibility index (Phi) is 7.35. The Hall–Kier alpha value is -1.23. The molecule has 174 valence electrons. The van der Waals surface area contributed by atoms with Gasteiger partial charge in [-0.25, -0.2) is 0 Å². The summed E-state index contributed by atoms with van der Waals surface area (Å²) >= 11 is 0. The molecular formula is C27H42O4. The highest BCUT2D eigenvalue weighted by atomic mass is 16.3. The van der Waals surface area contributed by atoms with Crippen molar-refractivity contribution in [1.29, 1.82) is 0 Å². The zero-order valence-corrected chi connectivity index (χ0v) is 19.9. The van der Waals surface area contributed by atoms with Gasteiger partial charge < -0.3 is 15.3 Å². The van der Waals surface area contributed by atoms with E-state index in [2.05, 4.69) is 32.6 Å². The number of rotatable bonds is 6. The third-order valence-corrected chi connectivity index (χ3v) is 8.50. The number of ketones is 1. The Bertz CT molecular complexity index is 756. The van der Waals surface area contributed by atoms with E-state index in [1.54, 1.807) is 13.8 Å². The van der Waals surface area contributed by atoms with Gasteiger partial charge in [-0.05, 0) is 93.1 Å². The first-order chi connectivity index (χ1) is 14.4. The molecule has 4 heteroatoms. The Morgan fingerprint density at radius 3 is 2.68 bits per heavy atom. The Labute approximate surface area is 188 Å². The molecular weight excluding hydrogens is 388 g/mol. The van der Waals surface area contributed by atoms with Crippen LogP contribution in [0.5, 0.6) is 0 Å². The zero-order valence-electron chi connectivity index (χ0n) is 19.9. The molecule has 0 aromatic rings. The predicted octanol–water partition coefficient (Wildman–Crippen LogP) is 4.88. The van der Waals surface area contributed by atoms with Crippen LogP contribution >= 0.6 is 0 Å². The summed E-state index contributed by atoms with van der Waals surface area (Å²) in [5.41, 5.74) is 2.23. The van der Waals surface area contributed by atoms with E-state index in [1.807, 2.05) is 0 Å². The van der Waals surface area contributed by atoms with Crippen LogP contribution < -0.4 is 0 Å². The molecule has 3 N–H and O–H groups in total. The van der Waals surface area contributed by atoms with E-state index in [9.17, 15) is 20.1 Å². The van der Waals surface area contributed by atoms with Crippen LogP contribution in [0.1, 0.15) is 85.5 Å². The van der Waals surface area contributed by atoms with Crippen molar-refractivity contribution in [2.75, 3.05) is 0 Å². The Morgan fingerprint density at radius 1 is 1.29 bits per heavy atom. The van der Waals surface area contributed by atoms with Crippen molar-refractivity contribution in [2.24, 2.45) is 23.2 Å². The number of fused-ring (bicyclic) bond motifs is 1. The molecule has 0 aromatic carbocycles. The fourth-order valence-corrected chi connectivity index (χ4v) is 6.55. The first-order valence-corrected chi connectivity index (χ1v) is 12.1. The van der Waals surface area contributed by atoms with Gasteiger partial charge in [0.15, 0.2) is 5.78 Å². The lowest BCUT2D eigenvalue weighted by molar-refractivity contribution is -0.134. The quantitative estimate of drug-likeness (QED) is 0.561. The lowest BCUT2D eigenvalue weighted by Gasteiger charge is -2.44. The van der Waals surface area contributed by atoms with E-state index >= 15 is 0 Å². The van der Waals surface area contributed by atoms with Gasteiger partial charge in [-0.1, -0.05) is 38.2 Å². The first-order valence-electron chi connectivity index (χ1n) is 12.1. The van der Waals surface area contributed by atoms with E-state index in [0.717, 1.165) is 24.0 Å². The zero-order chi connectivity index (χ0) is 23.0. The number of aliphatic hydroxyl groups is 3. The van der Waals surface area contributed by atoms with Crippen LogP contribution in [0.15, 0.2) is 35.5 Å². The summed E-state index contributed by atoms with van der Waals surface area (Å²) in [6.45, 7) is 11.9. The number of hydrogen-bond donors (Lipinski definition) is 3. The smallest absolute Gasteiger partial charge is 0.163 e. The van der Waals surface area contributed by atoms with Crippen LogP contribution in [0, 0.1) is 23.2 Å². The molecule has 0 aromatic heterocycles. The number of aliphatic hydroxyl groups excluding tert-OH is 2. The predicted molar refractivity (Wildman–Crippen MR) is 124 cm³/mol. The highest BCUT2D eigenvalue weighted by Crippen LogP contribution is 2.59. The summed E-state index contributed by atoms with van der Waals surface area (Å²) in [4.78, 5) is 12.2. The van der Waals surface area contributed by atoms with Crippen LogP contribution in [-0.2, 0) is 4.79 Å². The maximum absolute atomic E-state index is 12.2. The number of allylic oxidation sites excluding steroid dienone is 3. The van der Waals surface area contributed by atoms with Crippen LogP contribution in [0.3, 0.4) is 0 Å². The average Bonchev–Trinajstić information content (AvgIpc) is 3.04. The second kappa shape index (κ2) is 9.33. The van der Waals surface area contributed by atoms with Gasteiger partial charge in [0, 0.05) is 12.8 Å². The second-order valence-electron chi connectivity index (χ2n) is 11.2. The third kappa shape index (κ3) is 5.23. The normalized spacial score (nSPS) is 37.8. The van der Waals surface area contributed by atoms with Crippen molar-refractivity contribution >= 4 is 5.78 Å². The van der Waals surface area contributed by atoms with Crippen molar-refractivity contribution in [3.05, 3.63) is 35.5 Å². The number of Topliss-reactive ketones (excluding diaryl/α,β-unsaturated/α-hetero) is 1. The minimum atomic E-state index is -1.24. The molecule has 0 bridgehead atoms. The molecule has 3 rings (SSSR count). The summed E-state index contributed by atoms with van der Waals surface area (Å²) in [6.07, 6.45) is 11.3. The first kappa shape index (κ1) is 24.4. The molecule has 6 atom stereocenters. The molecule has 0 aliphatic heterocycles. The molecule has 3 aliphatic rings. The topological polar surface area (TPSA) is 77.8 Å². The molecule has 0 spiro atoms. The van der Waals surface area contributed by atoms with Gasteiger partial charge >= 0.3 is 0 Å². The van der Waals surface area contributed by atoms with Gasteiger partial charge in [-0.3, -0.25) is 4.79 Å². The molecule has 0 radical (unpaired) electrons. The van der Waals surface area contributed by atoms with Crippen molar-refractivity contribution in [2.45, 2.75) is 103 Å². The highest BCUT2D eigenvalue weighted by Gasteiger charge is 2.50. The SMILES string of the molecule is C=C1C(=CC=C2CCCC3(C)C2CCC3C(C)CCC(=O)C(C)(C)O)CC(O)CC1O. The van der Waals surface area contributed by atoms with Crippen LogP contribution in [0.4, 0.5) is 0 Å².